The average molecular weight is 635 g/mol. The number of halogens is 4. The highest BCUT2D eigenvalue weighted by atomic mass is 35.5. The average Bonchev–Trinajstić information content (AvgIpc) is 3.65. The van der Waals surface area contributed by atoms with Gasteiger partial charge in [-0.3, -0.25) is 4.79 Å². The predicted octanol–water partition coefficient (Wildman–Crippen LogP) is 6.56. The van der Waals surface area contributed by atoms with Crippen molar-refractivity contribution >= 4 is 44.7 Å². The molecule has 1 aliphatic heterocycles. The van der Waals surface area contributed by atoms with Gasteiger partial charge in [-0.05, 0) is 60.4 Å². The summed E-state index contributed by atoms with van der Waals surface area (Å²) in [5.41, 5.74) is 1.77. The van der Waals surface area contributed by atoms with Crippen LogP contribution in [0.15, 0.2) is 83.1 Å². The number of nitrogens with zero attached hydrogens (tertiary/aromatic N) is 2. The van der Waals surface area contributed by atoms with Crippen molar-refractivity contribution in [2.45, 2.75) is 42.4 Å². The molecule has 1 unspecified atom stereocenters. The van der Waals surface area contributed by atoms with Crippen LogP contribution in [0.2, 0.25) is 4.34 Å². The van der Waals surface area contributed by atoms with Gasteiger partial charge in [0.05, 0.1) is 15.6 Å². The fourth-order valence-electron chi connectivity index (χ4n) is 4.69. The first-order valence-electron chi connectivity index (χ1n) is 13.0. The molecule has 0 radical (unpaired) electrons. The van der Waals surface area contributed by atoms with Crippen LogP contribution < -0.4 is 10.6 Å². The second kappa shape index (κ2) is 12.4. The number of aromatic nitrogens is 1. The van der Waals surface area contributed by atoms with E-state index in [0.29, 0.717) is 46.4 Å². The van der Waals surface area contributed by atoms with Crippen molar-refractivity contribution in [1.82, 2.24) is 14.6 Å². The standard InChI is InChI=1S/C29H26ClF3N4O3S2/c30-25-12-13-27(41-25)42(39,40)37-14-4-7-24(37)28(38)35-18-20-15-23(21-8-10-22(11-9-21)29(31,32)33)36-26(16-20)34-17-19-5-2-1-3-6-19/h1-3,5-6,8-13,15-16,24H,4,7,14,17-18H2,(H,34,36)(H,35,38). The molecule has 1 amide bonds. The number of benzene rings is 2. The molecule has 2 N–H and O–H groups in total. The summed E-state index contributed by atoms with van der Waals surface area (Å²) in [4.78, 5) is 17.8. The molecule has 0 spiro atoms. The van der Waals surface area contributed by atoms with Gasteiger partial charge in [-0.2, -0.15) is 17.5 Å². The third-order valence-corrected chi connectivity index (χ3v) is 10.4. The fourth-order valence-corrected chi connectivity index (χ4v) is 7.96. The van der Waals surface area contributed by atoms with Crippen LogP contribution in [0.25, 0.3) is 11.3 Å². The van der Waals surface area contributed by atoms with Crippen molar-refractivity contribution in [2.24, 2.45) is 0 Å². The van der Waals surface area contributed by atoms with E-state index in [1.165, 1.54) is 28.6 Å². The number of nitrogens with one attached hydrogen (secondary N) is 2. The molecule has 0 aliphatic carbocycles. The van der Waals surface area contributed by atoms with Gasteiger partial charge >= 0.3 is 6.18 Å². The molecule has 7 nitrogen and oxygen atoms in total. The second-order valence-electron chi connectivity index (χ2n) is 9.71. The largest absolute Gasteiger partial charge is 0.416 e. The molecule has 3 heterocycles. The molecule has 2 aromatic heterocycles. The first-order chi connectivity index (χ1) is 20.0. The van der Waals surface area contributed by atoms with E-state index in [-0.39, 0.29) is 17.3 Å². The molecule has 0 bridgehead atoms. The Morgan fingerprint density at radius 3 is 2.40 bits per heavy atom. The Hall–Kier alpha value is -3.45. The van der Waals surface area contributed by atoms with Crippen molar-refractivity contribution in [1.29, 1.82) is 0 Å². The molecule has 1 aliphatic rings. The Bertz CT molecular complexity index is 1660. The maximum absolute atomic E-state index is 13.2. The summed E-state index contributed by atoms with van der Waals surface area (Å²) in [6, 6.07) is 19.8. The number of carbonyl (C=O) groups is 1. The van der Waals surface area contributed by atoms with E-state index in [0.717, 1.165) is 29.0 Å². The summed E-state index contributed by atoms with van der Waals surface area (Å²) in [5, 5.41) is 6.07. The Morgan fingerprint density at radius 1 is 1.00 bits per heavy atom. The molecular formula is C29H26ClF3N4O3S2. The minimum absolute atomic E-state index is 0.0597. The Kier molecular flexibility index (Phi) is 8.88. The summed E-state index contributed by atoms with van der Waals surface area (Å²) in [6.45, 7) is 0.735. The zero-order valence-electron chi connectivity index (χ0n) is 22.1. The number of thiophene rings is 1. The first kappa shape index (κ1) is 30.0. The third kappa shape index (κ3) is 6.95. The van der Waals surface area contributed by atoms with Crippen LogP contribution in [0.3, 0.4) is 0 Å². The number of anilines is 1. The van der Waals surface area contributed by atoms with E-state index in [9.17, 15) is 26.4 Å². The SMILES string of the molecule is O=C(NCc1cc(NCc2ccccc2)nc(-c2ccc(C(F)(F)F)cc2)c1)C1CCCN1S(=O)(=O)c1ccc(Cl)s1. The minimum Gasteiger partial charge on any atom is -0.366 e. The van der Waals surface area contributed by atoms with Gasteiger partial charge < -0.3 is 10.6 Å². The smallest absolute Gasteiger partial charge is 0.366 e. The van der Waals surface area contributed by atoms with E-state index >= 15 is 0 Å². The summed E-state index contributed by atoms with van der Waals surface area (Å²) in [7, 11) is -3.89. The number of rotatable bonds is 9. The van der Waals surface area contributed by atoms with Gasteiger partial charge in [0.1, 0.15) is 16.1 Å². The summed E-state index contributed by atoms with van der Waals surface area (Å²) in [6.07, 6.45) is -3.55. The number of hydrogen-bond acceptors (Lipinski definition) is 6. The molecule has 1 fully saturated rings. The van der Waals surface area contributed by atoms with Gasteiger partial charge in [0, 0.05) is 25.2 Å². The molecular weight excluding hydrogens is 609 g/mol. The van der Waals surface area contributed by atoms with Crippen LogP contribution in [0.1, 0.15) is 29.5 Å². The highest BCUT2D eigenvalue weighted by Crippen LogP contribution is 2.33. The van der Waals surface area contributed by atoms with E-state index in [2.05, 4.69) is 15.6 Å². The lowest BCUT2D eigenvalue weighted by Gasteiger charge is -2.22. The molecule has 0 saturated carbocycles. The number of carbonyl (C=O) groups excluding carboxylic acids is 1. The van der Waals surface area contributed by atoms with Gasteiger partial charge in [0.15, 0.2) is 0 Å². The Morgan fingerprint density at radius 2 is 1.74 bits per heavy atom. The zero-order valence-corrected chi connectivity index (χ0v) is 24.5. The normalized spacial score (nSPS) is 16.0. The minimum atomic E-state index is -4.46. The molecule has 1 atom stereocenters. The molecule has 5 rings (SSSR count). The number of amides is 1. The Labute approximate surface area is 250 Å². The highest BCUT2D eigenvalue weighted by Gasteiger charge is 2.40. The van der Waals surface area contributed by atoms with Gasteiger partial charge in [0.25, 0.3) is 10.0 Å². The van der Waals surface area contributed by atoms with Crippen LogP contribution in [0.5, 0.6) is 0 Å². The van der Waals surface area contributed by atoms with E-state index < -0.39 is 33.7 Å². The van der Waals surface area contributed by atoms with Crippen molar-refractivity contribution in [3.63, 3.8) is 0 Å². The summed E-state index contributed by atoms with van der Waals surface area (Å²) in [5.74, 6) is 0.0329. The van der Waals surface area contributed by atoms with Crippen molar-refractivity contribution in [2.75, 3.05) is 11.9 Å². The van der Waals surface area contributed by atoms with Crippen molar-refractivity contribution in [3.05, 3.63) is 99.9 Å². The second-order valence-corrected chi connectivity index (χ2v) is 13.5. The number of pyridine rings is 1. The van der Waals surface area contributed by atoms with E-state index in [1.54, 1.807) is 12.1 Å². The molecule has 13 heteroatoms. The molecule has 42 heavy (non-hydrogen) atoms. The van der Waals surface area contributed by atoms with E-state index in [1.807, 2.05) is 30.3 Å². The molecule has 220 valence electrons. The van der Waals surface area contributed by atoms with E-state index in [4.69, 9.17) is 11.6 Å². The van der Waals surface area contributed by atoms with Gasteiger partial charge in [0.2, 0.25) is 5.91 Å². The number of sulfonamides is 1. The predicted molar refractivity (Wildman–Crippen MR) is 157 cm³/mol. The van der Waals surface area contributed by atoms with Crippen LogP contribution in [0.4, 0.5) is 19.0 Å². The number of hydrogen-bond donors (Lipinski definition) is 2. The third-order valence-electron chi connectivity index (χ3n) is 6.79. The highest BCUT2D eigenvalue weighted by molar-refractivity contribution is 7.91. The fraction of sp³-hybridized carbons (Fsp3) is 0.241. The molecule has 2 aromatic carbocycles. The quantitative estimate of drug-likeness (QED) is 0.218. The maximum Gasteiger partial charge on any atom is 0.416 e. The van der Waals surface area contributed by atoms with Crippen molar-refractivity contribution in [3.8, 4) is 11.3 Å². The van der Waals surface area contributed by atoms with Gasteiger partial charge in [-0.25, -0.2) is 13.4 Å². The lowest BCUT2D eigenvalue weighted by Crippen LogP contribution is -2.45. The van der Waals surface area contributed by atoms with Crippen LogP contribution in [-0.2, 0) is 34.1 Å². The monoisotopic (exact) mass is 634 g/mol. The summed E-state index contributed by atoms with van der Waals surface area (Å²) < 4.78 is 67.3. The maximum atomic E-state index is 13.2. The molecule has 1 saturated heterocycles. The molecule has 4 aromatic rings. The topological polar surface area (TPSA) is 91.4 Å². The lowest BCUT2D eigenvalue weighted by atomic mass is 10.1. The summed E-state index contributed by atoms with van der Waals surface area (Å²) >= 11 is 6.88. The number of alkyl halides is 3. The van der Waals surface area contributed by atoms with Gasteiger partial charge in [-0.15, -0.1) is 11.3 Å². The van der Waals surface area contributed by atoms with Crippen LogP contribution in [-0.4, -0.2) is 36.2 Å². The zero-order chi connectivity index (χ0) is 29.9. The van der Waals surface area contributed by atoms with Crippen LogP contribution >= 0.6 is 22.9 Å². The Balaban J connectivity index is 1.36. The van der Waals surface area contributed by atoms with Crippen molar-refractivity contribution < 1.29 is 26.4 Å². The van der Waals surface area contributed by atoms with Gasteiger partial charge in [-0.1, -0.05) is 54.1 Å². The lowest BCUT2D eigenvalue weighted by molar-refractivity contribution is -0.137. The van der Waals surface area contributed by atoms with Crippen LogP contribution in [0, 0.1) is 0 Å². The first-order valence-corrected chi connectivity index (χ1v) is 15.7.